The van der Waals surface area contributed by atoms with Gasteiger partial charge in [-0.15, -0.1) is 0 Å². The lowest BCUT2D eigenvalue weighted by Crippen LogP contribution is -2.19. The molecule has 0 radical (unpaired) electrons. The van der Waals surface area contributed by atoms with Crippen molar-refractivity contribution in [3.63, 3.8) is 0 Å². The summed E-state index contributed by atoms with van der Waals surface area (Å²) in [6, 6.07) is 9.75. The first-order valence-corrected chi connectivity index (χ1v) is 5.66. The van der Waals surface area contributed by atoms with E-state index < -0.39 is 0 Å². The summed E-state index contributed by atoms with van der Waals surface area (Å²) in [4.78, 5) is 15.5. The van der Waals surface area contributed by atoms with Crippen molar-refractivity contribution in [3.05, 3.63) is 35.9 Å². The molecule has 1 aromatic rings. The van der Waals surface area contributed by atoms with E-state index in [2.05, 4.69) is 4.99 Å². The Morgan fingerprint density at radius 1 is 1.41 bits per heavy atom. The van der Waals surface area contributed by atoms with Crippen LogP contribution in [0.1, 0.15) is 31.9 Å². The van der Waals surface area contributed by atoms with Gasteiger partial charge in [-0.3, -0.25) is 9.79 Å². The maximum Gasteiger partial charge on any atom is 0.313 e. The number of nitrogens with zero attached hydrogens (tertiary/aromatic N) is 1. The van der Waals surface area contributed by atoms with Crippen LogP contribution < -0.4 is 5.73 Å². The van der Waals surface area contributed by atoms with Gasteiger partial charge in [-0.1, -0.05) is 30.3 Å². The van der Waals surface area contributed by atoms with Crippen molar-refractivity contribution < 1.29 is 9.53 Å². The normalized spacial score (nSPS) is 13.2. The molecule has 2 N–H and O–H groups in total. The predicted octanol–water partition coefficient (Wildman–Crippen LogP) is 2.06. The van der Waals surface area contributed by atoms with Crippen molar-refractivity contribution in [2.24, 2.45) is 10.7 Å². The third kappa shape index (κ3) is 4.68. The lowest BCUT2D eigenvalue weighted by Gasteiger charge is -2.08. The van der Waals surface area contributed by atoms with Crippen LogP contribution in [0.4, 0.5) is 0 Å². The zero-order valence-electron chi connectivity index (χ0n) is 10.2. The molecule has 0 aliphatic heterocycles. The number of esters is 1. The third-order valence-electron chi connectivity index (χ3n) is 2.27. The van der Waals surface area contributed by atoms with Gasteiger partial charge in [0.1, 0.15) is 12.3 Å². The summed E-state index contributed by atoms with van der Waals surface area (Å²) in [6.07, 6.45) is 0.0466. The number of ether oxygens (including phenoxy) is 1. The standard InChI is InChI=1S/C13H18N2O2/c1-3-17-13(16)9-12(14)15-10(2)11-7-5-4-6-8-11/h4-8,10H,3,9H2,1-2H3,(H2,14,15)/t10-/m0/s1. The Balaban J connectivity index is 2.59. The second-order valence-corrected chi connectivity index (χ2v) is 3.69. The van der Waals surface area contributed by atoms with E-state index in [-0.39, 0.29) is 18.4 Å². The minimum atomic E-state index is -0.339. The molecule has 0 aliphatic carbocycles. The molecule has 0 saturated heterocycles. The number of nitrogens with two attached hydrogens (primary N) is 1. The van der Waals surface area contributed by atoms with E-state index in [0.29, 0.717) is 12.4 Å². The van der Waals surface area contributed by atoms with E-state index in [4.69, 9.17) is 10.5 Å². The Morgan fingerprint density at radius 3 is 2.65 bits per heavy atom. The number of hydrogen-bond donors (Lipinski definition) is 1. The van der Waals surface area contributed by atoms with Gasteiger partial charge in [-0.25, -0.2) is 0 Å². The molecule has 0 bridgehead atoms. The maximum atomic E-state index is 11.2. The first-order valence-electron chi connectivity index (χ1n) is 5.66. The molecular weight excluding hydrogens is 216 g/mol. The molecule has 4 heteroatoms. The van der Waals surface area contributed by atoms with E-state index >= 15 is 0 Å². The Morgan fingerprint density at radius 2 is 2.06 bits per heavy atom. The van der Waals surface area contributed by atoms with Gasteiger partial charge < -0.3 is 10.5 Å². The molecule has 0 saturated carbocycles. The monoisotopic (exact) mass is 234 g/mol. The second-order valence-electron chi connectivity index (χ2n) is 3.69. The van der Waals surface area contributed by atoms with Crippen molar-refractivity contribution in [1.82, 2.24) is 0 Å². The van der Waals surface area contributed by atoms with E-state index in [9.17, 15) is 4.79 Å². The fourth-order valence-electron chi connectivity index (χ4n) is 1.46. The molecule has 0 aliphatic rings. The molecule has 0 aromatic heterocycles. The van der Waals surface area contributed by atoms with Crippen molar-refractivity contribution in [3.8, 4) is 0 Å². The van der Waals surface area contributed by atoms with Gasteiger partial charge in [0.05, 0.1) is 12.6 Å². The van der Waals surface area contributed by atoms with Crippen molar-refractivity contribution in [2.75, 3.05) is 6.61 Å². The minimum Gasteiger partial charge on any atom is -0.466 e. The average Bonchev–Trinajstić information content (AvgIpc) is 2.30. The highest BCUT2D eigenvalue weighted by Gasteiger charge is 2.07. The zero-order valence-corrected chi connectivity index (χ0v) is 10.2. The van der Waals surface area contributed by atoms with Crippen LogP contribution in [0, 0.1) is 0 Å². The number of carbonyl (C=O) groups is 1. The van der Waals surface area contributed by atoms with Crippen LogP contribution in [0.3, 0.4) is 0 Å². The second kappa shape index (κ2) is 6.68. The molecule has 0 spiro atoms. The number of benzene rings is 1. The van der Waals surface area contributed by atoms with Crippen molar-refractivity contribution in [2.45, 2.75) is 26.3 Å². The SMILES string of the molecule is CCOC(=O)CC(N)=N[C@@H](C)c1ccccc1. The summed E-state index contributed by atoms with van der Waals surface area (Å²) in [7, 11) is 0. The topological polar surface area (TPSA) is 64.7 Å². The summed E-state index contributed by atoms with van der Waals surface area (Å²) in [5.41, 5.74) is 6.76. The van der Waals surface area contributed by atoms with E-state index in [1.807, 2.05) is 37.3 Å². The van der Waals surface area contributed by atoms with Crippen LogP contribution in [-0.2, 0) is 9.53 Å². The molecule has 0 amide bonds. The molecule has 17 heavy (non-hydrogen) atoms. The minimum absolute atomic E-state index is 0.0466. The molecule has 0 unspecified atom stereocenters. The van der Waals surface area contributed by atoms with E-state index in [1.54, 1.807) is 6.92 Å². The largest absolute Gasteiger partial charge is 0.466 e. The third-order valence-corrected chi connectivity index (χ3v) is 2.27. The average molecular weight is 234 g/mol. The number of rotatable bonds is 5. The van der Waals surface area contributed by atoms with Crippen LogP contribution >= 0.6 is 0 Å². The number of amidine groups is 1. The number of aliphatic imine (C=N–C) groups is 1. The lowest BCUT2D eigenvalue weighted by molar-refractivity contribution is -0.141. The Bertz CT molecular complexity index is 388. The highest BCUT2D eigenvalue weighted by atomic mass is 16.5. The summed E-state index contributed by atoms with van der Waals surface area (Å²) < 4.78 is 4.80. The molecule has 92 valence electrons. The van der Waals surface area contributed by atoms with Crippen molar-refractivity contribution >= 4 is 11.8 Å². The quantitative estimate of drug-likeness (QED) is 0.482. The summed E-state index contributed by atoms with van der Waals surface area (Å²) in [5, 5.41) is 0. The van der Waals surface area contributed by atoms with Gasteiger partial charge in [-0.05, 0) is 19.4 Å². The zero-order chi connectivity index (χ0) is 12.7. The summed E-state index contributed by atoms with van der Waals surface area (Å²) in [6.45, 7) is 4.06. The van der Waals surface area contributed by atoms with Gasteiger partial charge >= 0.3 is 5.97 Å². The molecule has 4 nitrogen and oxygen atoms in total. The molecule has 1 aromatic carbocycles. The lowest BCUT2D eigenvalue weighted by atomic mass is 10.1. The molecule has 0 heterocycles. The van der Waals surface area contributed by atoms with Gasteiger partial charge in [0.15, 0.2) is 0 Å². The van der Waals surface area contributed by atoms with Crippen LogP contribution in [-0.4, -0.2) is 18.4 Å². The van der Waals surface area contributed by atoms with Crippen LogP contribution in [0.2, 0.25) is 0 Å². The highest BCUT2D eigenvalue weighted by molar-refractivity contribution is 5.96. The van der Waals surface area contributed by atoms with Gasteiger partial charge in [0.25, 0.3) is 0 Å². The molecule has 1 atom stereocenters. The van der Waals surface area contributed by atoms with Crippen LogP contribution in [0.5, 0.6) is 0 Å². The highest BCUT2D eigenvalue weighted by Crippen LogP contribution is 2.15. The Hall–Kier alpha value is -1.84. The first-order chi connectivity index (χ1) is 8.13. The Labute approximate surface area is 101 Å². The number of hydrogen-bond acceptors (Lipinski definition) is 3. The summed E-state index contributed by atoms with van der Waals surface area (Å²) >= 11 is 0. The maximum absolute atomic E-state index is 11.2. The molecule has 1 rings (SSSR count). The number of carbonyl (C=O) groups excluding carboxylic acids is 1. The summed E-state index contributed by atoms with van der Waals surface area (Å²) in [5.74, 6) is -0.0335. The van der Waals surface area contributed by atoms with Crippen LogP contribution in [0.15, 0.2) is 35.3 Å². The smallest absolute Gasteiger partial charge is 0.313 e. The fourth-order valence-corrected chi connectivity index (χ4v) is 1.46. The predicted molar refractivity (Wildman–Crippen MR) is 67.7 cm³/mol. The fraction of sp³-hybridized carbons (Fsp3) is 0.385. The first kappa shape index (κ1) is 13.2. The van der Waals surface area contributed by atoms with Crippen molar-refractivity contribution in [1.29, 1.82) is 0 Å². The van der Waals surface area contributed by atoms with E-state index in [1.165, 1.54) is 0 Å². The van der Waals surface area contributed by atoms with E-state index in [0.717, 1.165) is 5.56 Å². The molecule has 0 fully saturated rings. The van der Waals surface area contributed by atoms with Gasteiger partial charge in [-0.2, -0.15) is 0 Å². The molecular formula is C13H18N2O2. The van der Waals surface area contributed by atoms with Gasteiger partial charge in [0.2, 0.25) is 0 Å². The van der Waals surface area contributed by atoms with Gasteiger partial charge in [0, 0.05) is 0 Å². The van der Waals surface area contributed by atoms with Crippen LogP contribution in [0.25, 0.3) is 0 Å². The Kier molecular flexibility index (Phi) is 5.20.